The molecule has 0 radical (unpaired) electrons. The molecule has 0 unspecified atom stereocenters. The summed E-state index contributed by atoms with van der Waals surface area (Å²) in [6.07, 6.45) is -4.37. The highest BCUT2D eigenvalue weighted by Crippen LogP contribution is 2.36. The second-order valence-corrected chi connectivity index (χ2v) is 6.32. The summed E-state index contributed by atoms with van der Waals surface area (Å²) in [4.78, 5) is 57.4. The molecule has 1 aromatic rings. The molecule has 2 heterocycles. The van der Waals surface area contributed by atoms with Crippen molar-refractivity contribution in [3.8, 4) is 0 Å². The van der Waals surface area contributed by atoms with Crippen LogP contribution in [0.2, 0.25) is 0 Å². The van der Waals surface area contributed by atoms with E-state index >= 15 is 0 Å². The highest BCUT2D eigenvalue weighted by molar-refractivity contribution is 5.92. The second kappa shape index (κ2) is 9.97. The van der Waals surface area contributed by atoms with Gasteiger partial charge in [0.05, 0.1) is 11.5 Å². The normalized spacial score (nSPS) is 22.5. The lowest BCUT2D eigenvalue weighted by atomic mass is 10.1. The molecule has 0 amide bonds. The van der Waals surface area contributed by atoms with E-state index in [4.69, 9.17) is 23.7 Å². The SMILES string of the molecule is CCOC(=O)c1c([N+](=O)[O-])cnn1[C@@H]1O[C@H](COC(C)=O)[C@@H](OC(C)=O)[C@H]1OC(C)=O. The highest BCUT2D eigenvalue weighted by Gasteiger charge is 2.52. The van der Waals surface area contributed by atoms with Crippen LogP contribution in [0.1, 0.15) is 44.4 Å². The molecule has 0 aromatic carbocycles. The van der Waals surface area contributed by atoms with E-state index in [-0.39, 0.29) is 13.2 Å². The van der Waals surface area contributed by atoms with Crippen LogP contribution in [0.15, 0.2) is 6.20 Å². The van der Waals surface area contributed by atoms with Crippen molar-refractivity contribution in [3.05, 3.63) is 22.0 Å². The van der Waals surface area contributed by atoms with Gasteiger partial charge < -0.3 is 23.7 Å². The molecular formula is C17H21N3O11. The lowest BCUT2D eigenvalue weighted by Gasteiger charge is -2.23. The molecule has 1 aromatic heterocycles. The number of carbonyl (C=O) groups is 4. The zero-order valence-corrected chi connectivity index (χ0v) is 17.1. The molecule has 4 atom stereocenters. The van der Waals surface area contributed by atoms with E-state index in [2.05, 4.69) is 5.10 Å². The first-order chi connectivity index (χ1) is 14.6. The quantitative estimate of drug-likeness (QED) is 0.233. The Morgan fingerprint density at radius 3 is 2.23 bits per heavy atom. The van der Waals surface area contributed by atoms with Crippen molar-refractivity contribution < 1.29 is 47.8 Å². The Balaban J connectivity index is 2.54. The van der Waals surface area contributed by atoms with Crippen molar-refractivity contribution in [1.82, 2.24) is 9.78 Å². The summed E-state index contributed by atoms with van der Waals surface area (Å²) in [7, 11) is 0. The van der Waals surface area contributed by atoms with Gasteiger partial charge in [-0.3, -0.25) is 24.5 Å². The van der Waals surface area contributed by atoms with Gasteiger partial charge in [-0.2, -0.15) is 5.10 Å². The smallest absolute Gasteiger partial charge is 0.363 e. The summed E-state index contributed by atoms with van der Waals surface area (Å²) in [5.41, 5.74) is -1.24. The fraction of sp³-hybridized carbons (Fsp3) is 0.588. The Labute approximate surface area is 175 Å². The van der Waals surface area contributed by atoms with E-state index in [1.165, 1.54) is 6.92 Å². The number of carbonyl (C=O) groups excluding carboxylic acids is 4. The van der Waals surface area contributed by atoms with Crippen molar-refractivity contribution in [2.45, 2.75) is 52.2 Å². The minimum Gasteiger partial charge on any atom is -0.463 e. The van der Waals surface area contributed by atoms with Crippen LogP contribution in [0, 0.1) is 10.1 Å². The third-order valence-electron chi connectivity index (χ3n) is 4.02. The van der Waals surface area contributed by atoms with Crippen molar-refractivity contribution in [2.75, 3.05) is 13.2 Å². The minimum absolute atomic E-state index is 0.0782. The molecule has 0 aliphatic carbocycles. The van der Waals surface area contributed by atoms with Gasteiger partial charge in [-0.1, -0.05) is 0 Å². The summed E-state index contributed by atoms with van der Waals surface area (Å²) in [6.45, 7) is 4.37. The number of aromatic nitrogens is 2. The van der Waals surface area contributed by atoms with Crippen LogP contribution in [0.4, 0.5) is 5.69 Å². The maximum Gasteiger partial charge on any atom is 0.363 e. The molecular weight excluding hydrogens is 422 g/mol. The Kier molecular flexibility index (Phi) is 7.63. The van der Waals surface area contributed by atoms with Crippen molar-refractivity contribution in [3.63, 3.8) is 0 Å². The van der Waals surface area contributed by atoms with Crippen LogP contribution in [-0.4, -0.2) is 70.1 Å². The number of ether oxygens (including phenoxy) is 5. The van der Waals surface area contributed by atoms with Crippen LogP contribution in [-0.2, 0) is 38.1 Å². The second-order valence-electron chi connectivity index (χ2n) is 6.32. The minimum atomic E-state index is -1.43. The van der Waals surface area contributed by atoms with Crippen LogP contribution in [0.3, 0.4) is 0 Å². The van der Waals surface area contributed by atoms with Crippen molar-refractivity contribution >= 4 is 29.6 Å². The summed E-state index contributed by atoms with van der Waals surface area (Å²) in [6, 6.07) is 0. The standard InChI is InChI=1S/C17H21N3O11/c1-5-27-17(24)13-11(20(25)26)6-18-19(13)16-15(30-10(4)23)14(29-9(3)22)12(31-16)7-28-8(2)21/h6,12,14-16H,5,7H2,1-4H3/t12-,14-,15-,16-/m1/s1. The zero-order valence-electron chi connectivity index (χ0n) is 17.1. The van der Waals surface area contributed by atoms with Gasteiger partial charge >= 0.3 is 29.6 Å². The molecule has 0 saturated carbocycles. The Hall–Kier alpha value is -3.55. The molecule has 1 saturated heterocycles. The fourth-order valence-electron chi connectivity index (χ4n) is 2.97. The highest BCUT2D eigenvalue weighted by atomic mass is 16.7. The first kappa shape index (κ1) is 23.7. The summed E-state index contributed by atoms with van der Waals surface area (Å²) < 4.78 is 26.7. The van der Waals surface area contributed by atoms with E-state index in [0.29, 0.717) is 0 Å². The lowest BCUT2D eigenvalue weighted by Crippen LogP contribution is -2.41. The molecule has 14 nitrogen and oxygen atoms in total. The van der Waals surface area contributed by atoms with Crippen LogP contribution >= 0.6 is 0 Å². The van der Waals surface area contributed by atoms with Crippen molar-refractivity contribution in [2.24, 2.45) is 0 Å². The van der Waals surface area contributed by atoms with E-state index in [9.17, 15) is 29.3 Å². The zero-order chi connectivity index (χ0) is 23.3. The predicted octanol–water partition coefficient (Wildman–Crippen LogP) is 0.292. The summed E-state index contributed by atoms with van der Waals surface area (Å²) in [5.74, 6) is -3.26. The molecule has 1 aliphatic rings. The molecule has 0 spiro atoms. The first-order valence-electron chi connectivity index (χ1n) is 9.09. The van der Waals surface area contributed by atoms with Crippen LogP contribution < -0.4 is 0 Å². The topological polar surface area (TPSA) is 175 Å². The number of esters is 4. The van der Waals surface area contributed by atoms with Gasteiger partial charge in [0.15, 0.2) is 18.4 Å². The number of hydrogen-bond donors (Lipinski definition) is 0. The molecule has 2 rings (SSSR count). The number of rotatable bonds is 8. The molecule has 0 bridgehead atoms. The van der Waals surface area contributed by atoms with Crippen molar-refractivity contribution in [1.29, 1.82) is 0 Å². The van der Waals surface area contributed by atoms with Gasteiger partial charge in [0, 0.05) is 20.8 Å². The summed E-state index contributed by atoms with van der Waals surface area (Å²) in [5, 5.41) is 15.2. The van der Waals surface area contributed by atoms with Gasteiger partial charge in [-0.05, 0) is 6.92 Å². The summed E-state index contributed by atoms with van der Waals surface area (Å²) >= 11 is 0. The van der Waals surface area contributed by atoms with E-state index in [0.717, 1.165) is 31.6 Å². The molecule has 0 N–H and O–H groups in total. The van der Waals surface area contributed by atoms with E-state index in [1.54, 1.807) is 0 Å². The van der Waals surface area contributed by atoms with E-state index < -0.39 is 64.7 Å². The Bertz CT molecular complexity index is 881. The third kappa shape index (κ3) is 5.53. The monoisotopic (exact) mass is 443 g/mol. The number of nitrogens with zero attached hydrogens (tertiary/aromatic N) is 3. The number of hydrogen-bond acceptors (Lipinski definition) is 12. The molecule has 1 fully saturated rings. The average molecular weight is 443 g/mol. The maximum absolute atomic E-state index is 12.4. The van der Waals surface area contributed by atoms with Gasteiger partial charge in [-0.25, -0.2) is 9.48 Å². The van der Waals surface area contributed by atoms with E-state index in [1.807, 2.05) is 0 Å². The fourth-order valence-corrected chi connectivity index (χ4v) is 2.97. The van der Waals surface area contributed by atoms with Gasteiger partial charge in [0.1, 0.15) is 18.9 Å². The van der Waals surface area contributed by atoms with Crippen LogP contribution in [0.5, 0.6) is 0 Å². The predicted molar refractivity (Wildman–Crippen MR) is 96.5 cm³/mol. The molecule has 170 valence electrons. The maximum atomic E-state index is 12.4. The van der Waals surface area contributed by atoms with Gasteiger partial charge in [0.2, 0.25) is 5.69 Å². The number of nitro groups is 1. The first-order valence-corrected chi connectivity index (χ1v) is 9.09. The Morgan fingerprint density at radius 2 is 1.71 bits per heavy atom. The average Bonchev–Trinajstić information content (AvgIpc) is 3.22. The molecule has 14 heteroatoms. The third-order valence-corrected chi connectivity index (χ3v) is 4.02. The van der Waals surface area contributed by atoms with Crippen LogP contribution in [0.25, 0.3) is 0 Å². The Morgan fingerprint density at radius 1 is 1.10 bits per heavy atom. The largest absolute Gasteiger partial charge is 0.463 e. The molecule has 1 aliphatic heterocycles. The van der Waals surface area contributed by atoms with Gasteiger partial charge in [0.25, 0.3) is 0 Å². The molecule has 31 heavy (non-hydrogen) atoms. The van der Waals surface area contributed by atoms with Gasteiger partial charge in [-0.15, -0.1) is 0 Å². The lowest BCUT2D eigenvalue weighted by molar-refractivity contribution is -0.385.